The normalized spacial score (nSPS) is 19.9. The lowest BCUT2D eigenvalue weighted by Gasteiger charge is -2.44. The smallest absolute Gasteiger partial charge is 0.274 e. The molecule has 0 spiro atoms. The van der Waals surface area contributed by atoms with Gasteiger partial charge in [-0.15, -0.1) is 0 Å². The molecule has 0 radical (unpaired) electrons. The van der Waals surface area contributed by atoms with Crippen LogP contribution in [0.1, 0.15) is 60.5 Å². The van der Waals surface area contributed by atoms with Crippen molar-refractivity contribution in [1.29, 1.82) is 0 Å². The molecule has 2 atom stereocenters. The van der Waals surface area contributed by atoms with E-state index < -0.39 is 6.04 Å². The van der Waals surface area contributed by atoms with Crippen LogP contribution in [0.4, 0.5) is 5.69 Å². The highest BCUT2D eigenvalue weighted by molar-refractivity contribution is 6.30. The zero-order chi connectivity index (χ0) is 22.5. The van der Waals surface area contributed by atoms with Crippen LogP contribution in [0.5, 0.6) is 0 Å². The summed E-state index contributed by atoms with van der Waals surface area (Å²) in [6.07, 6.45) is 6.46. The second-order valence-corrected chi connectivity index (χ2v) is 9.21. The molecule has 2 fully saturated rings. The van der Waals surface area contributed by atoms with Gasteiger partial charge in [0.15, 0.2) is 5.78 Å². The van der Waals surface area contributed by atoms with E-state index in [9.17, 15) is 14.9 Å². The third-order valence-corrected chi connectivity index (χ3v) is 6.97. The molecule has 0 N–H and O–H groups in total. The average molecular weight is 456 g/mol. The van der Waals surface area contributed by atoms with Crippen LogP contribution in [-0.4, -0.2) is 52.7 Å². The molecule has 2 heterocycles. The maximum atomic E-state index is 14.0. The Bertz CT molecular complexity index is 938. The van der Waals surface area contributed by atoms with Crippen molar-refractivity contribution in [3.63, 3.8) is 0 Å². The van der Waals surface area contributed by atoms with Gasteiger partial charge in [-0.1, -0.05) is 42.6 Å². The molecule has 0 amide bonds. The Hall–Kier alpha value is -2.28. The van der Waals surface area contributed by atoms with Gasteiger partial charge in [-0.05, 0) is 76.1 Å². The molecule has 7 heteroatoms. The van der Waals surface area contributed by atoms with E-state index in [1.807, 2.05) is 12.1 Å². The number of ketones is 1. The first-order chi connectivity index (χ1) is 15.6. The number of nitro benzene ring substituents is 1. The molecule has 0 saturated carbocycles. The Labute approximate surface area is 194 Å². The number of likely N-dealkylation sites (tertiary alicyclic amines) is 2. The van der Waals surface area contributed by atoms with Crippen molar-refractivity contribution >= 4 is 23.1 Å². The highest BCUT2D eigenvalue weighted by atomic mass is 35.5. The third-order valence-electron chi connectivity index (χ3n) is 6.72. The van der Waals surface area contributed by atoms with Crippen molar-refractivity contribution in [2.45, 2.75) is 50.6 Å². The summed E-state index contributed by atoms with van der Waals surface area (Å²) in [5, 5.41) is 12.5. The average Bonchev–Trinajstić information content (AvgIpc) is 2.83. The zero-order valence-electron chi connectivity index (χ0n) is 18.3. The molecule has 2 aliphatic heterocycles. The van der Waals surface area contributed by atoms with Crippen LogP contribution >= 0.6 is 11.6 Å². The number of benzene rings is 2. The number of hydrogen-bond donors (Lipinski definition) is 0. The first-order valence-corrected chi connectivity index (χ1v) is 12.0. The quantitative estimate of drug-likeness (QED) is 0.312. The number of halogens is 1. The molecule has 0 aliphatic carbocycles. The molecule has 32 heavy (non-hydrogen) atoms. The van der Waals surface area contributed by atoms with Gasteiger partial charge in [0.1, 0.15) is 0 Å². The summed E-state index contributed by atoms with van der Waals surface area (Å²) in [7, 11) is 0. The molecule has 2 aromatic rings. The summed E-state index contributed by atoms with van der Waals surface area (Å²) in [5.74, 6) is 0.0114. The molecule has 0 aromatic heterocycles. The lowest BCUT2D eigenvalue weighted by atomic mass is 9.87. The Morgan fingerprint density at radius 3 is 2.00 bits per heavy atom. The summed E-state index contributed by atoms with van der Waals surface area (Å²) in [4.78, 5) is 30.2. The minimum Gasteiger partial charge on any atom is -0.294 e. The maximum Gasteiger partial charge on any atom is 0.274 e. The van der Waals surface area contributed by atoms with Crippen LogP contribution in [0.3, 0.4) is 0 Å². The fraction of sp³-hybridized carbons (Fsp3) is 0.480. The van der Waals surface area contributed by atoms with Crippen LogP contribution in [0, 0.1) is 10.1 Å². The fourth-order valence-electron chi connectivity index (χ4n) is 5.16. The van der Waals surface area contributed by atoms with Crippen molar-refractivity contribution in [3.8, 4) is 0 Å². The highest BCUT2D eigenvalue weighted by Crippen LogP contribution is 2.37. The number of nitrogens with zero attached hydrogens (tertiary/aromatic N) is 3. The first-order valence-electron chi connectivity index (χ1n) is 11.6. The predicted molar refractivity (Wildman–Crippen MR) is 126 cm³/mol. The van der Waals surface area contributed by atoms with Gasteiger partial charge in [0.05, 0.1) is 17.0 Å². The molecule has 2 saturated heterocycles. The van der Waals surface area contributed by atoms with Gasteiger partial charge in [-0.3, -0.25) is 24.7 Å². The number of piperidine rings is 2. The van der Waals surface area contributed by atoms with E-state index in [2.05, 4.69) is 9.80 Å². The van der Waals surface area contributed by atoms with Crippen molar-refractivity contribution < 1.29 is 9.72 Å². The Kier molecular flexibility index (Phi) is 7.55. The van der Waals surface area contributed by atoms with E-state index in [4.69, 9.17) is 11.6 Å². The maximum absolute atomic E-state index is 14.0. The zero-order valence-corrected chi connectivity index (χ0v) is 19.0. The minimum absolute atomic E-state index is 0.0114. The van der Waals surface area contributed by atoms with E-state index in [-0.39, 0.29) is 22.4 Å². The van der Waals surface area contributed by atoms with Gasteiger partial charge in [-0.25, -0.2) is 0 Å². The molecule has 0 bridgehead atoms. The second kappa shape index (κ2) is 10.6. The molecule has 2 aromatic carbocycles. The van der Waals surface area contributed by atoms with Crippen molar-refractivity contribution in [3.05, 3.63) is 74.8 Å². The van der Waals surface area contributed by atoms with Crippen LogP contribution in [0.25, 0.3) is 0 Å². The molecular weight excluding hydrogens is 426 g/mol. The molecule has 4 rings (SSSR count). The van der Waals surface area contributed by atoms with Gasteiger partial charge in [0, 0.05) is 22.2 Å². The molecule has 6 nitrogen and oxygen atoms in total. The largest absolute Gasteiger partial charge is 0.294 e. The number of carbonyl (C=O) groups is 1. The Balaban J connectivity index is 1.83. The van der Waals surface area contributed by atoms with Crippen molar-refractivity contribution in [2.75, 3.05) is 26.2 Å². The lowest BCUT2D eigenvalue weighted by Crippen LogP contribution is -2.53. The summed E-state index contributed by atoms with van der Waals surface area (Å²) in [6, 6.07) is 13.1. The molecule has 170 valence electrons. The van der Waals surface area contributed by atoms with Gasteiger partial charge in [0.2, 0.25) is 0 Å². The Morgan fingerprint density at radius 2 is 1.41 bits per heavy atom. The fourth-order valence-corrected chi connectivity index (χ4v) is 5.28. The topological polar surface area (TPSA) is 66.7 Å². The molecule has 2 aliphatic rings. The number of rotatable bonds is 7. The lowest BCUT2D eigenvalue weighted by molar-refractivity contribution is -0.386. The van der Waals surface area contributed by atoms with Gasteiger partial charge < -0.3 is 0 Å². The van der Waals surface area contributed by atoms with E-state index in [1.165, 1.54) is 0 Å². The summed E-state index contributed by atoms with van der Waals surface area (Å²) in [6.45, 7) is 3.34. The number of hydrogen-bond acceptors (Lipinski definition) is 5. The number of carbonyl (C=O) groups excluding carboxylic acids is 1. The van der Waals surface area contributed by atoms with Crippen molar-refractivity contribution in [2.24, 2.45) is 0 Å². The minimum atomic E-state index is -0.476. The van der Waals surface area contributed by atoms with E-state index in [0.29, 0.717) is 16.1 Å². The number of nitro groups is 1. The highest BCUT2D eigenvalue weighted by Gasteiger charge is 2.41. The van der Waals surface area contributed by atoms with E-state index in [1.54, 1.807) is 36.4 Å². The number of para-hydroxylation sites is 1. The van der Waals surface area contributed by atoms with E-state index in [0.717, 1.165) is 64.7 Å². The second-order valence-electron chi connectivity index (χ2n) is 8.77. The third kappa shape index (κ3) is 5.03. The SMILES string of the molecule is O=C(c1ccc(Cl)cc1)[C@H]([C@@H](c1ccccc1[N+](=O)[O-])N1CCCCC1)N1CCCCC1. The van der Waals surface area contributed by atoms with E-state index >= 15 is 0 Å². The number of Topliss-reactive ketones (excluding diaryl/α,β-unsaturated/α-hetero) is 1. The summed E-state index contributed by atoms with van der Waals surface area (Å²) in [5.41, 5.74) is 1.33. The van der Waals surface area contributed by atoms with Crippen LogP contribution in [0.15, 0.2) is 48.5 Å². The van der Waals surface area contributed by atoms with Gasteiger partial charge in [0.25, 0.3) is 5.69 Å². The van der Waals surface area contributed by atoms with Gasteiger partial charge in [-0.2, -0.15) is 0 Å². The molecule has 0 unspecified atom stereocenters. The van der Waals surface area contributed by atoms with Crippen LogP contribution in [0.2, 0.25) is 5.02 Å². The van der Waals surface area contributed by atoms with Crippen LogP contribution < -0.4 is 0 Å². The summed E-state index contributed by atoms with van der Waals surface area (Å²) >= 11 is 6.08. The van der Waals surface area contributed by atoms with Crippen molar-refractivity contribution in [1.82, 2.24) is 9.80 Å². The van der Waals surface area contributed by atoms with Gasteiger partial charge >= 0.3 is 0 Å². The Morgan fingerprint density at radius 1 is 0.844 bits per heavy atom. The predicted octanol–water partition coefficient (Wildman–Crippen LogP) is 5.51. The first kappa shape index (κ1) is 22.9. The standard InChI is InChI=1S/C25H30ClN3O3/c26-20-13-11-19(12-14-20)25(30)24(28-17-7-2-8-18-28)23(27-15-5-1-6-16-27)21-9-3-4-10-22(21)29(31)32/h3-4,9-14,23-24H,1-2,5-8,15-18H2/t23-,24+/m1/s1. The summed E-state index contributed by atoms with van der Waals surface area (Å²) < 4.78 is 0. The molecular formula is C25H30ClN3O3. The van der Waals surface area contributed by atoms with Crippen LogP contribution in [-0.2, 0) is 0 Å². The monoisotopic (exact) mass is 455 g/mol.